The topological polar surface area (TPSA) is 95.6 Å². The molecule has 1 N–H and O–H groups in total. The zero-order valence-corrected chi connectivity index (χ0v) is 18.3. The SMILES string of the molecule is CCOC(=O)c1c(S(=O)(=O)N2CCN(c3cc(Cl)ccc3C)CC2)n[nH]c1CC. The minimum absolute atomic E-state index is 0.00228. The van der Waals surface area contributed by atoms with Crippen molar-refractivity contribution < 1.29 is 17.9 Å². The van der Waals surface area contributed by atoms with Crippen LogP contribution < -0.4 is 4.90 Å². The number of halogens is 1. The molecule has 10 heteroatoms. The van der Waals surface area contributed by atoms with Gasteiger partial charge in [0.05, 0.1) is 12.3 Å². The number of sulfonamides is 1. The van der Waals surface area contributed by atoms with Crippen molar-refractivity contribution in [2.45, 2.75) is 32.2 Å². The zero-order valence-electron chi connectivity index (χ0n) is 16.7. The summed E-state index contributed by atoms with van der Waals surface area (Å²) in [6.45, 7) is 7.24. The monoisotopic (exact) mass is 440 g/mol. The normalized spacial score (nSPS) is 15.5. The van der Waals surface area contributed by atoms with Crippen molar-refractivity contribution in [1.29, 1.82) is 0 Å². The number of carbonyl (C=O) groups excluding carboxylic acids is 1. The Bertz CT molecular complexity index is 998. The molecule has 1 aromatic carbocycles. The molecule has 158 valence electrons. The summed E-state index contributed by atoms with van der Waals surface area (Å²) in [5.41, 5.74) is 2.53. The summed E-state index contributed by atoms with van der Waals surface area (Å²) < 4.78 is 32.8. The lowest BCUT2D eigenvalue weighted by Gasteiger charge is -2.35. The lowest BCUT2D eigenvalue weighted by atomic mass is 10.1. The first-order valence-electron chi connectivity index (χ1n) is 9.55. The molecule has 3 rings (SSSR count). The van der Waals surface area contributed by atoms with Crippen molar-refractivity contribution in [1.82, 2.24) is 14.5 Å². The highest BCUT2D eigenvalue weighted by atomic mass is 35.5. The van der Waals surface area contributed by atoms with Crippen LogP contribution in [0.1, 0.15) is 35.5 Å². The molecule has 1 saturated heterocycles. The van der Waals surface area contributed by atoms with Gasteiger partial charge in [0, 0.05) is 36.9 Å². The number of piperazine rings is 1. The first-order valence-corrected chi connectivity index (χ1v) is 11.4. The van der Waals surface area contributed by atoms with Crippen LogP contribution in [0.3, 0.4) is 0 Å². The van der Waals surface area contributed by atoms with Crippen LogP contribution in [0, 0.1) is 6.92 Å². The minimum Gasteiger partial charge on any atom is -0.462 e. The number of H-pyrrole nitrogens is 1. The van der Waals surface area contributed by atoms with E-state index in [4.69, 9.17) is 16.3 Å². The average molecular weight is 441 g/mol. The summed E-state index contributed by atoms with van der Waals surface area (Å²) in [5, 5.41) is 7.01. The van der Waals surface area contributed by atoms with Crippen LogP contribution >= 0.6 is 11.6 Å². The van der Waals surface area contributed by atoms with Gasteiger partial charge in [0.15, 0.2) is 0 Å². The molecular formula is C19H25ClN4O4S. The number of ether oxygens (including phenoxy) is 1. The fraction of sp³-hybridized carbons (Fsp3) is 0.474. The lowest BCUT2D eigenvalue weighted by molar-refractivity contribution is 0.0520. The maximum absolute atomic E-state index is 13.2. The van der Waals surface area contributed by atoms with E-state index in [1.54, 1.807) is 6.92 Å². The fourth-order valence-electron chi connectivity index (χ4n) is 3.43. The summed E-state index contributed by atoms with van der Waals surface area (Å²) in [6.07, 6.45) is 0.443. The second-order valence-electron chi connectivity index (χ2n) is 6.78. The molecule has 0 saturated carbocycles. The number of hydrogen-bond donors (Lipinski definition) is 1. The maximum atomic E-state index is 13.2. The van der Waals surface area contributed by atoms with Gasteiger partial charge in [0.2, 0.25) is 5.03 Å². The molecule has 8 nitrogen and oxygen atoms in total. The number of carbonyl (C=O) groups is 1. The van der Waals surface area contributed by atoms with E-state index in [0.29, 0.717) is 30.2 Å². The predicted molar refractivity (Wildman–Crippen MR) is 111 cm³/mol. The predicted octanol–water partition coefficient (Wildman–Crippen LogP) is 2.62. The van der Waals surface area contributed by atoms with E-state index in [1.807, 2.05) is 32.0 Å². The Morgan fingerprint density at radius 2 is 1.93 bits per heavy atom. The van der Waals surface area contributed by atoms with Crippen LogP contribution in [0.15, 0.2) is 23.2 Å². The second-order valence-corrected chi connectivity index (χ2v) is 9.07. The van der Waals surface area contributed by atoms with Crippen molar-refractivity contribution in [2.24, 2.45) is 0 Å². The Kier molecular flexibility index (Phi) is 6.50. The van der Waals surface area contributed by atoms with Crippen molar-refractivity contribution in [3.63, 3.8) is 0 Å². The molecule has 1 fully saturated rings. The first-order chi connectivity index (χ1) is 13.8. The van der Waals surface area contributed by atoms with Crippen molar-refractivity contribution in [2.75, 3.05) is 37.7 Å². The van der Waals surface area contributed by atoms with E-state index >= 15 is 0 Å². The molecule has 0 spiro atoms. The highest BCUT2D eigenvalue weighted by Crippen LogP contribution is 2.28. The molecule has 0 bridgehead atoms. The Labute approximate surface area is 175 Å². The van der Waals surface area contributed by atoms with Gasteiger partial charge in [-0.25, -0.2) is 13.2 Å². The number of nitrogens with zero attached hydrogens (tertiary/aromatic N) is 3. The Balaban J connectivity index is 1.83. The molecule has 1 aliphatic heterocycles. The summed E-state index contributed by atoms with van der Waals surface area (Å²) in [4.78, 5) is 14.5. The van der Waals surface area contributed by atoms with Gasteiger partial charge in [-0.15, -0.1) is 0 Å². The molecule has 29 heavy (non-hydrogen) atoms. The van der Waals surface area contributed by atoms with Gasteiger partial charge in [-0.1, -0.05) is 24.6 Å². The second kappa shape index (κ2) is 8.73. The van der Waals surface area contributed by atoms with Crippen LogP contribution in [0.25, 0.3) is 0 Å². The standard InChI is InChI=1S/C19H25ClN4O4S/c1-4-15-17(19(25)28-5-2)18(22-21-15)29(26,27)24-10-8-23(9-11-24)16-12-14(20)7-6-13(16)3/h6-7,12H,4-5,8-11H2,1-3H3,(H,21,22). The molecule has 0 aliphatic carbocycles. The van der Waals surface area contributed by atoms with E-state index in [1.165, 1.54) is 4.31 Å². The summed E-state index contributed by atoms with van der Waals surface area (Å²) in [7, 11) is -3.93. The molecule has 0 radical (unpaired) electrons. The third-order valence-electron chi connectivity index (χ3n) is 4.98. The Morgan fingerprint density at radius 1 is 1.24 bits per heavy atom. The van der Waals surface area contributed by atoms with Crippen molar-refractivity contribution in [3.8, 4) is 0 Å². The highest BCUT2D eigenvalue weighted by Gasteiger charge is 2.36. The number of anilines is 1. The molecule has 2 aromatic rings. The van der Waals surface area contributed by atoms with E-state index in [9.17, 15) is 13.2 Å². The first kappa shape index (κ1) is 21.6. The molecular weight excluding hydrogens is 416 g/mol. The van der Waals surface area contributed by atoms with E-state index in [-0.39, 0.29) is 30.3 Å². The third-order valence-corrected chi connectivity index (χ3v) is 7.04. The molecule has 2 heterocycles. The van der Waals surface area contributed by atoms with Gasteiger partial charge in [0.1, 0.15) is 5.56 Å². The lowest BCUT2D eigenvalue weighted by Crippen LogP contribution is -2.49. The van der Waals surface area contributed by atoms with Crippen LogP contribution in [0.5, 0.6) is 0 Å². The number of benzene rings is 1. The fourth-order valence-corrected chi connectivity index (χ4v) is 5.11. The number of rotatable bonds is 6. The van der Waals surface area contributed by atoms with E-state index < -0.39 is 16.0 Å². The largest absolute Gasteiger partial charge is 0.462 e. The van der Waals surface area contributed by atoms with Gasteiger partial charge >= 0.3 is 5.97 Å². The zero-order chi connectivity index (χ0) is 21.2. The van der Waals surface area contributed by atoms with Gasteiger partial charge in [-0.2, -0.15) is 9.40 Å². The summed E-state index contributed by atoms with van der Waals surface area (Å²) in [5.74, 6) is -0.676. The number of aromatic nitrogens is 2. The number of aromatic amines is 1. The highest BCUT2D eigenvalue weighted by molar-refractivity contribution is 7.89. The van der Waals surface area contributed by atoms with Gasteiger partial charge in [-0.3, -0.25) is 5.10 Å². The number of aryl methyl sites for hydroxylation is 2. The summed E-state index contributed by atoms with van der Waals surface area (Å²) in [6, 6.07) is 5.67. The van der Waals surface area contributed by atoms with Crippen LogP contribution in [-0.4, -0.2) is 61.7 Å². The van der Waals surface area contributed by atoms with Crippen molar-refractivity contribution in [3.05, 3.63) is 40.0 Å². The molecule has 0 unspecified atom stereocenters. The van der Waals surface area contributed by atoms with Crippen molar-refractivity contribution >= 4 is 33.3 Å². The Morgan fingerprint density at radius 3 is 2.55 bits per heavy atom. The number of nitrogens with one attached hydrogen (secondary N) is 1. The smallest absolute Gasteiger partial charge is 0.343 e. The number of esters is 1. The molecule has 0 amide bonds. The van der Waals surface area contributed by atoms with Gasteiger partial charge < -0.3 is 9.64 Å². The number of hydrogen-bond acceptors (Lipinski definition) is 6. The molecule has 1 aliphatic rings. The van der Waals surface area contributed by atoms with E-state index in [0.717, 1.165) is 11.3 Å². The van der Waals surface area contributed by atoms with Gasteiger partial charge in [0.25, 0.3) is 10.0 Å². The van der Waals surface area contributed by atoms with Crippen LogP contribution in [0.4, 0.5) is 5.69 Å². The quantitative estimate of drug-likeness (QED) is 0.693. The third kappa shape index (κ3) is 4.26. The van der Waals surface area contributed by atoms with Crippen LogP contribution in [0.2, 0.25) is 5.02 Å². The maximum Gasteiger partial charge on any atom is 0.343 e. The summed E-state index contributed by atoms with van der Waals surface area (Å²) >= 11 is 6.12. The van der Waals surface area contributed by atoms with Crippen LogP contribution in [-0.2, 0) is 21.2 Å². The molecule has 0 atom stereocenters. The molecule has 1 aromatic heterocycles. The average Bonchev–Trinajstić information content (AvgIpc) is 3.15. The Hall–Kier alpha value is -2.10. The minimum atomic E-state index is -3.93. The van der Waals surface area contributed by atoms with Gasteiger partial charge in [-0.05, 0) is 38.0 Å². The van der Waals surface area contributed by atoms with E-state index in [2.05, 4.69) is 15.1 Å².